The lowest BCUT2D eigenvalue weighted by atomic mass is 10.2. The molecule has 0 radical (unpaired) electrons. The summed E-state index contributed by atoms with van der Waals surface area (Å²) in [5.74, 6) is 0.375. The maximum absolute atomic E-state index is 11.4. The number of halogens is 1. The van der Waals surface area contributed by atoms with E-state index in [1.807, 2.05) is 19.1 Å². The number of hydrazone groups is 1. The van der Waals surface area contributed by atoms with Crippen LogP contribution < -0.4 is 10.2 Å². The Morgan fingerprint density at radius 3 is 3.00 bits per heavy atom. The van der Waals surface area contributed by atoms with E-state index < -0.39 is 0 Å². The Morgan fingerprint density at radius 1 is 1.44 bits per heavy atom. The third kappa shape index (κ3) is 6.36. The molecule has 0 fully saturated rings. The van der Waals surface area contributed by atoms with Crippen molar-refractivity contribution in [3.63, 3.8) is 0 Å². The summed E-state index contributed by atoms with van der Waals surface area (Å²) in [5, 5.41) is 7.07. The summed E-state index contributed by atoms with van der Waals surface area (Å²) in [6.07, 6.45) is 2.72. The number of rotatable bonds is 9. The van der Waals surface area contributed by atoms with Crippen molar-refractivity contribution >= 4 is 40.3 Å². The highest BCUT2D eigenvalue weighted by Crippen LogP contribution is 2.25. The van der Waals surface area contributed by atoms with E-state index in [9.17, 15) is 4.79 Å². The third-order valence-electron chi connectivity index (χ3n) is 2.97. The van der Waals surface area contributed by atoms with Gasteiger partial charge in [0.1, 0.15) is 5.75 Å². The molecule has 0 unspecified atom stereocenters. The van der Waals surface area contributed by atoms with Crippen LogP contribution in [0.4, 0.5) is 5.13 Å². The molecule has 1 N–H and O–H groups in total. The third-order valence-corrected chi connectivity index (χ3v) is 4.07. The Bertz CT molecular complexity index is 734. The van der Waals surface area contributed by atoms with Gasteiger partial charge in [0, 0.05) is 5.38 Å². The monoisotopic (exact) mass is 381 g/mol. The van der Waals surface area contributed by atoms with Gasteiger partial charge in [0.2, 0.25) is 5.13 Å². The first-order valence-corrected chi connectivity index (χ1v) is 9.19. The number of carbonyl (C=O) groups excluding carboxylic acids is 1. The van der Waals surface area contributed by atoms with Crippen molar-refractivity contribution in [3.05, 3.63) is 39.9 Å². The van der Waals surface area contributed by atoms with Gasteiger partial charge in [-0.15, -0.1) is 11.3 Å². The molecule has 2 aromatic rings. The number of ether oxygens (including phenoxy) is 2. The number of thiazole rings is 1. The van der Waals surface area contributed by atoms with Crippen molar-refractivity contribution in [2.24, 2.45) is 5.10 Å². The van der Waals surface area contributed by atoms with E-state index in [0.29, 0.717) is 34.8 Å². The molecule has 2 rings (SSSR count). The smallest absolute Gasteiger partial charge is 0.311 e. The number of esters is 1. The molecule has 25 heavy (non-hydrogen) atoms. The molecule has 134 valence electrons. The van der Waals surface area contributed by atoms with E-state index in [2.05, 4.69) is 15.5 Å². The van der Waals surface area contributed by atoms with Gasteiger partial charge in [-0.05, 0) is 37.1 Å². The first-order valence-electron chi connectivity index (χ1n) is 7.93. The van der Waals surface area contributed by atoms with Crippen molar-refractivity contribution in [2.75, 3.05) is 18.6 Å². The van der Waals surface area contributed by atoms with Crippen LogP contribution in [0.15, 0.2) is 28.7 Å². The number of benzene rings is 1. The number of nitrogens with zero attached hydrogens (tertiary/aromatic N) is 2. The average Bonchev–Trinajstić information content (AvgIpc) is 3.01. The van der Waals surface area contributed by atoms with E-state index in [1.54, 1.807) is 24.6 Å². The van der Waals surface area contributed by atoms with E-state index >= 15 is 0 Å². The van der Waals surface area contributed by atoms with Crippen molar-refractivity contribution in [2.45, 2.75) is 26.7 Å². The molecule has 0 atom stereocenters. The molecule has 0 aliphatic rings. The summed E-state index contributed by atoms with van der Waals surface area (Å²) in [5.41, 5.74) is 4.33. The Morgan fingerprint density at radius 2 is 2.28 bits per heavy atom. The highest BCUT2D eigenvalue weighted by atomic mass is 35.5. The van der Waals surface area contributed by atoms with Gasteiger partial charge in [-0.3, -0.25) is 10.2 Å². The highest BCUT2D eigenvalue weighted by Gasteiger charge is 2.08. The van der Waals surface area contributed by atoms with Crippen molar-refractivity contribution in [3.8, 4) is 5.75 Å². The zero-order valence-electron chi connectivity index (χ0n) is 14.1. The molecule has 0 amide bonds. The minimum absolute atomic E-state index is 0.157. The Labute approximate surface area is 155 Å². The maximum Gasteiger partial charge on any atom is 0.311 e. The standard InChI is InChI=1S/C17H20ClN3O3S/c1-3-7-24-15-6-5-12(8-14(15)18)10-19-21-17-20-13(11-25-17)9-16(22)23-4-2/h5-6,8,10-11H,3-4,7,9H2,1-2H3,(H,20,21)/b19-10-. The summed E-state index contributed by atoms with van der Waals surface area (Å²) < 4.78 is 10.4. The molecular formula is C17H20ClN3O3S. The SMILES string of the molecule is CCCOc1ccc(/C=N\Nc2nc(CC(=O)OCC)cs2)cc1Cl. The molecular weight excluding hydrogens is 362 g/mol. The second-order valence-electron chi connectivity index (χ2n) is 5.03. The zero-order valence-corrected chi connectivity index (χ0v) is 15.7. The number of hydrogen-bond acceptors (Lipinski definition) is 7. The van der Waals surface area contributed by atoms with Gasteiger partial charge in [-0.2, -0.15) is 5.10 Å². The van der Waals surface area contributed by atoms with E-state index in [4.69, 9.17) is 21.1 Å². The lowest BCUT2D eigenvalue weighted by Gasteiger charge is -2.06. The molecule has 0 bridgehead atoms. The minimum Gasteiger partial charge on any atom is -0.492 e. The molecule has 0 saturated carbocycles. The van der Waals surface area contributed by atoms with Gasteiger partial charge >= 0.3 is 5.97 Å². The number of aromatic nitrogens is 1. The van der Waals surface area contributed by atoms with Gasteiger partial charge in [-0.1, -0.05) is 18.5 Å². The fourth-order valence-corrected chi connectivity index (χ4v) is 2.79. The summed E-state index contributed by atoms with van der Waals surface area (Å²) in [6, 6.07) is 5.47. The fourth-order valence-electron chi connectivity index (χ4n) is 1.89. The van der Waals surface area contributed by atoms with Gasteiger partial charge in [0.25, 0.3) is 0 Å². The fraction of sp³-hybridized carbons (Fsp3) is 0.353. The summed E-state index contributed by atoms with van der Waals surface area (Å²) in [7, 11) is 0. The number of carbonyl (C=O) groups is 1. The maximum atomic E-state index is 11.4. The second kappa shape index (κ2) is 10.0. The van der Waals surface area contributed by atoms with E-state index in [0.717, 1.165) is 12.0 Å². The van der Waals surface area contributed by atoms with Crippen LogP contribution in [-0.4, -0.2) is 30.4 Å². The first-order chi connectivity index (χ1) is 12.1. The normalized spacial score (nSPS) is 10.8. The lowest BCUT2D eigenvalue weighted by Crippen LogP contribution is -2.07. The summed E-state index contributed by atoms with van der Waals surface area (Å²) >= 11 is 7.55. The topological polar surface area (TPSA) is 72.8 Å². The van der Waals surface area contributed by atoms with Crippen molar-refractivity contribution < 1.29 is 14.3 Å². The molecule has 0 aliphatic heterocycles. The van der Waals surface area contributed by atoms with Gasteiger partial charge < -0.3 is 9.47 Å². The Kier molecular flexibility index (Phi) is 7.69. The number of nitrogens with one attached hydrogen (secondary N) is 1. The average molecular weight is 382 g/mol. The van der Waals surface area contributed by atoms with Crippen LogP contribution in [0, 0.1) is 0 Å². The number of hydrogen-bond donors (Lipinski definition) is 1. The Balaban J connectivity index is 1.89. The molecule has 8 heteroatoms. The van der Waals surface area contributed by atoms with Crippen LogP contribution in [0.3, 0.4) is 0 Å². The first kappa shape index (κ1) is 19.2. The Hall–Kier alpha value is -2.12. The van der Waals surface area contributed by atoms with Gasteiger partial charge in [0.05, 0.1) is 36.6 Å². The minimum atomic E-state index is -0.289. The van der Waals surface area contributed by atoms with Crippen LogP contribution in [-0.2, 0) is 16.0 Å². The predicted octanol–water partition coefficient (Wildman–Crippen LogP) is 4.14. The molecule has 0 saturated heterocycles. The molecule has 6 nitrogen and oxygen atoms in total. The lowest BCUT2D eigenvalue weighted by molar-refractivity contribution is -0.142. The molecule has 0 aliphatic carbocycles. The number of anilines is 1. The quantitative estimate of drug-likeness (QED) is 0.401. The van der Waals surface area contributed by atoms with Crippen molar-refractivity contribution in [1.82, 2.24) is 4.98 Å². The molecule has 1 aromatic heterocycles. The highest BCUT2D eigenvalue weighted by molar-refractivity contribution is 7.13. The zero-order chi connectivity index (χ0) is 18.1. The predicted molar refractivity (Wildman–Crippen MR) is 101 cm³/mol. The van der Waals surface area contributed by atoms with E-state index in [-0.39, 0.29) is 12.4 Å². The van der Waals surface area contributed by atoms with Gasteiger partial charge in [-0.25, -0.2) is 4.98 Å². The van der Waals surface area contributed by atoms with Crippen LogP contribution in [0.2, 0.25) is 5.02 Å². The van der Waals surface area contributed by atoms with Crippen molar-refractivity contribution in [1.29, 1.82) is 0 Å². The second-order valence-corrected chi connectivity index (χ2v) is 6.30. The van der Waals surface area contributed by atoms with Crippen LogP contribution in [0.25, 0.3) is 0 Å². The van der Waals surface area contributed by atoms with Crippen LogP contribution >= 0.6 is 22.9 Å². The van der Waals surface area contributed by atoms with Gasteiger partial charge in [0.15, 0.2) is 0 Å². The summed E-state index contributed by atoms with van der Waals surface area (Å²) in [4.78, 5) is 15.7. The largest absolute Gasteiger partial charge is 0.492 e. The molecule has 1 heterocycles. The molecule has 1 aromatic carbocycles. The molecule has 0 spiro atoms. The van der Waals surface area contributed by atoms with Crippen LogP contribution in [0.1, 0.15) is 31.5 Å². The van der Waals surface area contributed by atoms with E-state index in [1.165, 1.54) is 11.3 Å². The van der Waals surface area contributed by atoms with Crippen LogP contribution in [0.5, 0.6) is 5.75 Å². The summed E-state index contributed by atoms with van der Waals surface area (Å²) in [6.45, 7) is 4.81.